The maximum Gasteiger partial charge on any atom is 0.243 e. The van der Waals surface area contributed by atoms with Crippen LogP contribution in [0.3, 0.4) is 0 Å². The number of rotatable bonds is 11. The first-order valence-corrected chi connectivity index (χ1v) is 12.2. The largest absolute Gasteiger partial charge is 0.494 e. The number of anilines is 1. The molecule has 0 spiro atoms. The topological polar surface area (TPSA) is 75.7 Å². The van der Waals surface area contributed by atoms with Crippen LogP contribution in [0.1, 0.15) is 37.8 Å². The smallest absolute Gasteiger partial charge is 0.243 e. The zero-order chi connectivity index (χ0) is 22.1. The molecular formula is C23H32N2O4S. The van der Waals surface area contributed by atoms with Gasteiger partial charge in [0.25, 0.3) is 0 Å². The molecular weight excluding hydrogens is 400 g/mol. The molecule has 0 aliphatic carbocycles. The highest BCUT2D eigenvalue weighted by molar-refractivity contribution is 7.92. The van der Waals surface area contributed by atoms with E-state index in [9.17, 15) is 13.2 Å². The van der Waals surface area contributed by atoms with E-state index in [1.807, 2.05) is 57.2 Å². The number of carbonyl (C=O) groups excluding carboxylic acids is 1. The van der Waals surface area contributed by atoms with E-state index in [1.165, 1.54) is 4.31 Å². The number of ether oxygens (including phenoxy) is 1. The van der Waals surface area contributed by atoms with E-state index < -0.39 is 16.1 Å². The number of carbonyl (C=O) groups is 1. The molecule has 0 saturated carbocycles. The highest BCUT2D eigenvalue weighted by Crippen LogP contribution is 2.23. The van der Waals surface area contributed by atoms with Gasteiger partial charge in [0, 0.05) is 6.54 Å². The van der Waals surface area contributed by atoms with Crippen LogP contribution in [0.15, 0.2) is 48.5 Å². The first-order valence-electron chi connectivity index (χ1n) is 10.3. The Morgan fingerprint density at radius 3 is 2.23 bits per heavy atom. The van der Waals surface area contributed by atoms with Gasteiger partial charge in [0.1, 0.15) is 11.8 Å². The maximum absolute atomic E-state index is 12.8. The Morgan fingerprint density at radius 1 is 1.07 bits per heavy atom. The van der Waals surface area contributed by atoms with Crippen LogP contribution >= 0.6 is 0 Å². The van der Waals surface area contributed by atoms with E-state index in [0.717, 1.165) is 36.0 Å². The predicted molar refractivity (Wildman–Crippen MR) is 122 cm³/mol. The Labute approximate surface area is 180 Å². The summed E-state index contributed by atoms with van der Waals surface area (Å²) >= 11 is 0. The minimum absolute atomic E-state index is 0.282. The number of amides is 1. The third kappa shape index (κ3) is 6.76. The predicted octanol–water partition coefficient (Wildman–Crippen LogP) is 3.69. The lowest BCUT2D eigenvalue weighted by atomic mass is 10.1. The molecule has 0 radical (unpaired) electrons. The lowest BCUT2D eigenvalue weighted by Crippen LogP contribution is -2.49. The zero-order valence-corrected chi connectivity index (χ0v) is 19.0. The molecule has 1 atom stereocenters. The molecule has 0 saturated heterocycles. The fourth-order valence-corrected chi connectivity index (χ4v) is 4.50. The van der Waals surface area contributed by atoms with Gasteiger partial charge in [-0.25, -0.2) is 8.42 Å². The Kier molecular flexibility index (Phi) is 8.72. The van der Waals surface area contributed by atoms with Crippen LogP contribution in [-0.4, -0.2) is 39.8 Å². The quantitative estimate of drug-likeness (QED) is 0.550. The van der Waals surface area contributed by atoms with Crippen molar-refractivity contribution in [2.24, 2.45) is 0 Å². The lowest BCUT2D eigenvalue weighted by Gasteiger charge is -2.30. The van der Waals surface area contributed by atoms with Crippen molar-refractivity contribution in [2.45, 2.75) is 46.1 Å². The van der Waals surface area contributed by atoms with Crippen molar-refractivity contribution < 1.29 is 17.9 Å². The molecule has 2 aromatic rings. The number of hydrogen-bond acceptors (Lipinski definition) is 4. The number of nitrogens with zero attached hydrogens (tertiary/aromatic N) is 1. The summed E-state index contributed by atoms with van der Waals surface area (Å²) < 4.78 is 31.5. The highest BCUT2D eigenvalue weighted by atomic mass is 32.2. The zero-order valence-electron chi connectivity index (χ0n) is 18.2. The van der Waals surface area contributed by atoms with Gasteiger partial charge in [-0.2, -0.15) is 0 Å². The van der Waals surface area contributed by atoms with Gasteiger partial charge in [0.2, 0.25) is 15.9 Å². The van der Waals surface area contributed by atoms with Crippen molar-refractivity contribution in [2.75, 3.05) is 23.7 Å². The summed E-state index contributed by atoms with van der Waals surface area (Å²) in [5.41, 5.74) is 2.69. The maximum atomic E-state index is 12.8. The third-order valence-corrected chi connectivity index (χ3v) is 5.97. The fourth-order valence-electron chi connectivity index (χ4n) is 3.29. The SMILES string of the molecule is CCOc1ccc(CCCNC(=O)[C@H](CC)N(c2ccc(C)cc2)S(C)(=O)=O)cc1. The number of sulfonamides is 1. The first kappa shape index (κ1) is 23.7. The van der Waals surface area contributed by atoms with Gasteiger partial charge in [-0.15, -0.1) is 0 Å². The average Bonchev–Trinajstić information content (AvgIpc) is 2.70. The molecule has 7 heteroatoms. The van der Waals surface area contributed by atoms with E-state index in [0.29, 0.717) is 25.3 Å². The molecule has 0 fully saturated rings. The van der Waals surface area contributed by atoms with Crippen LogP contribution in [0, 0.1) is 6.92 Å². The Morgan fingerprint density at radius 2 is 1.70 bits per heavy atom. The number of hydrogen-bond donors (Lipinski definition) is 1. The van der Waals surface area contributed by atoms with Crippen molar-refractivity contribution in [1.29, 1.82) is 0 Å². The number of benzene rings is 2. The highest BCUT2D eigenvalue weighted by Gasteiger charge is 2.31. The molecule has 0 aromatic heterocycles. The summed E-state index contributed by atoms with van der Waals surface area (Å²) in [6.07, 6.45) is 3.09. The molecule has 2 aromatic carbocycles. The average molecular weight is 433 g/mol. The second kappa shape index (κ2) is 11.0. The normalized spacial score (nSPS) is 12.3. The fraction of sp³-hybridized carbons (Fsp3) is 0.435. The minimum Gasteiger partial charge on any atom is -0.494 e. The van der Waals surface area contributed by atoms with E-state index in [2.05, 4.69) is 5.32 Å². The van der Waals surface area contributed by atoms with Crippen LogP contribution in [0.25, 0.3) is 0 Å². The van der Waals surface area contributed by atoms with E-state index in [-0.39, 0.29) is 5.91 Å². The van der Waals surface area contributed by atoms with Crippen LogP contribution in [-0.2, 0) is 21.2 Å². The van der Waals surface area contributed by atoms with Crippen molar-refractivity contribution >= 4 is 21.6 Å². The Hall–Kier alpha value is -2.54. The van der Waals surface area contributed by atoms with E-state index in [4.69, 9.17) is 4.74 Å². The number of nitrogens with one attached hydrogen (secondary N) is 1. The summed E-state index contributed by atoms with van der Waals surface area (Å²) in [6.45, 7) is 6.81. The molecule has 30 heavy (non-hydrogen) atoms. The number of aryl methyl sites for hydroxylation is 2. The summed E-state index contributed by atoms with van der Waals surface area (Å²) in [5.74, 6) is 0.563. The van der Waals surface area contributed by atoms with Crippen molar-refractivity contribution in [3.05, 3.63) is 59.7 Å². The lowest BCUT2D eigenvalue weighted by molar-refractivity contribution is -0.122. The first-order chi connectivity index (χ1) is 14.3. The molecule has 0 aliphatic rings. The molecule has 1 amide bonds. The molecule has 0 heterocycles. The minimum atomic E-state index is -3.61. The van der Waals surface area contributed by atoms with Crippen molar-refractivity contribution in [1.82, 2.24) is 5.32 Å². The molecule has 2 rings (SSSR count). The third-order valence-electron chi connectivity index (χ3n) is 4.79. The molecule has 1 N–H and O–H groups in total. The molecule has 0 unspecified atom stereocenters. The summed E-state index contributed by atoms with van der Waals surface area (Å²) in [4.78, 5) is 12.8. The molecule has 6 nitrogen and oxygen atoms in total. The Balaban J connectivity index is 1.97. The van der Waals surface area contributed by atoms with E-state index in [1.54, 1.807) is 12.1 Å². The van der Waals surface area contributed by atoms with E-state index >= 15 is 0 Å². The van der Waals surface area contributed by atoms with Crippen molar-refractivity contribution in [3.63, 3.8) is 0 Å². The van der Waals surface area contributed by atoms with Gasteiger partial charge in [-0.05, 0) is 62.9 Å². The van der Waals surface area contributed by atoms with Crippen LogP contribution in [0.2, 0.25) is 0 Å². The monoisotopic (exact) mass is 432 g/mol. The van der Waals surface area contributed by atoms with Gasteiger partial charge >= 0.3 is 0 Å². The van der Waals surface area contributed by atoms with Crippen LogP contribution < -0.4 is 14.4 Å². The summed E-state index contributed by atoms with van der Waals surface area (Å²) in [7, 11) is -3.61. The molecule has 164 valence electrons. The molecule has 0 aliphatic heterocycles. The van der Waals surface area contributed by atoms with Gasteiger partial charge in [-0.3, -0.25) is 9.10 Å². The Bertz CT molecular complexity index is 909. The van der Waals surface area contributed by atoms with Gasteiger partial charge in [0.15, 0.2) is 0 Å². The van der Waals surface area contributed by atoms with Crippen LogP contribution in [0.5, 0.6) is 5.75 Å². The van der Waals surface area contributed by atoms with Crippen LogP contribution in [0.4, 0.5) is 5.69 Å². The van der Waals surface area contributed by atoms with Gasteiger partial charge < -0.3 is 10.1 Å². The van der Waals surface area contributed by atoms with Crippen molar-refractivity contribution in [3.8, 4) is 5.75 Å². The summed E-state index contributed by atoms with van der Waals surface area (Å²) in [6, 6.07) is 14.3. The summed E-state index contributed by atoms with van der Waals surface area (Å²) in [5, 5.41) is 2.90. The second-order valence-corrected chi connectivity index (χ2v) is 9.15. The van der Waals surface area contributed by atoms with Gasteiger partial charge in [-0.1, -0.05) is 36.8 Å². The van der Waals surface area contributed by atoms with Gasteiger partial charge in [0.05, 0.1) is 18.6 Å². The molecule has 0 bridgehead atoms. The standard InChI is InChI=1S/C23H32N2O4S/c1-5-22(25(30(4,27)28)20-13-9-18(3)10-14-20)23(26)24-17-7-8-19-11-15-21(16-12-19)29-6-2/h9-16,22H,5-8,17H2,1-4H3,(H,24,26)/t22-/m0/s1. The second-order valence-electron chi connectivity index (χ2n) is 7.29.